The summed E-state index contributed by atoms with van der Waals surface area (Å²) in [4.78, 5) is 4.33. The topological polar surface area (TPSA) is 59.1 Å². The Bertz CT molecular complexity index is 1030. The van der Waals surface area contributed by atoms with E-state index < -0.39 is 9.84 Å². The van der Waals surface area contributed by atoms with Gasteiger partial charge in [-0.25, -0.2) is 13.4 Å². The van der Waals surface area contributed by atoms with Crippen molar-refractivity contribution in [3.05, 3.63) is 63.0 Å². The lowest BCUT2D eigenvalue weighted by Crippen LogP contribution is -2.03. The molecule has 1 heterocycles. The monoisotopic (exact) mass is 412 g/mol. The van der Waals surface area contributed by atoms with Gasteiger partial charge in [0, 0.05) is 10.7 Å². The van der Waals surface area contributed by atoms with Crippen molar-refractivity contribution in [3.63, 3.8) is 0 Å². The van der Waals surface area contributed by atoms with Crippen molar-refractivity contribution in [1.29, 1.82) is 0 Å². The molecule has 0 saturated heterocycles. The number of nitrogens with one attached hydrogen (secondary N) is 1. The van der Waals surface area contributed by atoms with E-state index in [1.807, 2.05) is 26.0 Å². The first-order valence-electron chi connectivity index (χ1n) is 7.28. The van der Waals surface area contributed by atoms with E-state index in [1.54, 1.807) is 30.3 Å². The van der Waals surface area contributed by atoms with Gasteiger partial charge in [-0.05, 0) is 43.7 Å². The third kappa shape index (κ3) is 3.82. The standard InChI is InChI=1S/C17H14Cl2N2O2S2/c1-10-3-7-13(8-4-10)25(22,23)16-15(19)24-17(21-16)20-12-6-5-11(2)14(18)9-12/h3-9H,1-2H3,(H,20,21). The number of thiazole rings is 1. The molecule has 0 amide bonds. The van der Waals surface area contributed by atoms with Crippen LogP contribution >= 0.6 is 34.5 Å². The molecule has 0 unspecified atom stereocenters. The molecule has 0 atom stereocenters. The summed E-state index contributed by atoms with van der Waals surface area (Å²) >= 11 is 13.3. The Labute approximate surface area is 160 Å². The second-order valence-electron chi connectivity index (χ2n) is 5.50. The quantitative estimate of drug-likeness (QED) is 0.601. The largest absolute Gasteiger partial charge is 0.331 e. The van der Waals surface area contributed by atoms with Gasteiger partial charge in [-0.3, -0.25) is 0 Å². The number of sulfone groups is 1. The molecule has 0 aliphatic heterocycles. The van der Waals surface area contributed by atoms with Crippen LogP contribution in [-0.4, -0.2) is 13.4 Å². The van der Waals surface area contributed by atoms with Crippen molar-refractivity contribution in [2.45, 2.75) is 23.8 Å². The lowest BCUT2D eigenvalue weighted by atomic mass is 10.2. The molecule has 3 rings (SSSR count). The predicted molar refractivity (Wildman–Crippen MR) is 103 cm³/mol. The Morgan fingerprint density at radius 2 is 1.72 bits per heavy atom. The molecule has 0 radical (unpaired) electrons. The second kappa shape index (κ2) is 6.96. The molecular weight excluding hydrogens is 399 g/mol. The zero-order valence-electron chi connectivity index (χ0n) is 13.4. The summed E-state index contributed by atoms with van der Waals surface area (Å²) in [6, 6.07) is 12.0. The Morgan fingerprint density at radius 1 is 1.04 bits per heavy atom. The van der Waals surface area contributed by atoms with Crippen molar-refractivity contribution in [2.75, 3.05) is 5.32 Å². The van der Waals surface area contributed by atoms with Gasteiger partial charge >= 0.3 is 0 Å². The highest BCUT2D eigenvalue weighted by atomic mass is 35.5. The number of hydrogen-bond acceptors (Lipinski definition) is 5. The normalized spacial score (nSPS) is 11.5. The Hall–Kier alpha value is -1.60. The van der Waals surface area contributed by atoms with Crippen molar-refractivity contribution < 1.29 is 8.42 Å². The molecule has 3 aromatic rings. The maximum absolute atomic E-state index is 12.7. The van der Waals surface area contributed by atoms with Gasteiger partial charge in [-0.15, -0.1) is 0 Å². The molecule has 0 fully saturated rings. The molecule has 0 saturated carbocycles. The Morgan fingerprint density at radius 3 is 2.36 bits per heavy atom. The Kier molecular flexibility index (Phi) is 5.06. The Balaban J connectivity index is 1.94. The van der Waals surface area contributed by atoms with Crippen LogP contribution in [0.25, 0.3) is 0 Å². The summed E-state index contributed by atoms with van der Waals surface area (Å²) in [6.07, 6.45) is 0. The van der Waals surface area contributed by atoms with E-state index in [-0.39, 0.29) is 14.3 Å². The summed E-state index contributed by atoms with van der Waals surface area (Å²) in [5.74, 6) is 0. The van der Waals surface area contributed by atoms with Crippen LogP contribution in [0.1, 0.15) is 11.1 Å². The maximum atomic E-state index is 12.7. The minimum absolute atomic E-state index is 0.112. The number of benzene rings is 2. The second-order valence-corrected chi connectivity index (χ2v) is 9.38. The average molecular weight is 413 g/mol. The van der Waals surface area contributed by atoms with Crippen LogP contribution in [0.5, 0.6) is 0 Å². The van der Waals surface area contributed by atoms with Gasteiger partial charge in [0.25, 0.3) is 0 Å². The zero-order valence-corrected chi connectivity index (χ0v) is 16.5. The van der Waals surface area contributed by atoms with E-state index in [0.29, 0.717) is 15.8 Å². The van der Waals surface area contributed by atoms with Crippen LogP contribution in [0, 0.1) is 13.8 Å². The fraction of sp³-hybridized carbons (Fsp3) is 0.118. The van der Waals surface area contributed by atoms with Crippen molar-refractivity contribution in [1.82, 2.24) is 4.98 Å². The van der Waals surface area contributed by atoms with E-state index in [9.17, 15) is 8.42 Å². The molecule has 1 aromatic heterocycles. The molecule has 0 aliphatic carbocycles. The van der Waals surface area contributed by atoms with E-state index in [1.165, 1.54) is 0 Å². The summed E-state index contributed by atoms with van der Waals surface area (Å²) in [6.45, 7) is 3.79. The van der Waals surface area contributed by atoms with Gasteiger partial charge < -0.3 is 5.32 Å². The van der Waals surface area contributed by atoms with E-state index in [0.717, 1.165) is 22.5 Å². The summed E-state index contributed by atoms with van der Waals surface area (Å²) < 4.78 is 25.6. The van der Waals surface area contributed by atoms with Crippen molar-refractivity contribution in [2.24, 2.45) is 0 Å². The van der Waals surface area contributed by atoms with Crippen LogP contribution in [-0.2, 0) is 9.84 Å². The van der Waals surface area contributed by atoms with Gasteiger partial charge in [0.1, 0.15) is 4.34 Å². The summed E-state index contributed by atoms with van der Waals surface area (Å²) in [5, 5.41) is 3.89. The van der Waals surface area contributed by atoms with E-state index in [4.69, 9.17) is 23.2 Å². The molecule has 4 nitrogen and oxygen atoms in total. The van der Waals surface area contributed by atoms with Crippen LogP contribution in [0.3, 0.4) is 0 Å². The molecular formula is C17H14Cl2N2O2S2. The van der Waals surface area contributed by atoms with Crippen molar-refractivity contribution >= 4 is 55.2 Å². The highest BCUT2D eigenvalue weighted by Crippen LogP contribution is 2.36. The maximum Gasteiger partial charge on any atom is 0.226 e. The molecule has 25 heavy (non-hydrogen) atoms. The zero-order chi connectivity index (χ0) is 18.2. The number of anilines is 2. The molecule has 8 heteroatoms. The van der Waals surface area contributed by atoms with Gasteiger partial charge in [0.05, 0.1) is 4.90 Å². The van der Waals surface area contributed by atoms with Crippen LogP contribution in [0.4, 0.5) is 10.8 Å². The lowest BCUT2D eigenvalue weighted by molar-refractivity contribution is 0.593. The third-order valence-corrected chi connectivity index (χ3v) is 7.08. The lowest BCUT2D eigenvalue weighted by Gasteiger charge is -2.05. The number of halogens is 2. The number of aromatic nitrogens is 1. The third-order valence-electron chi connectivity index (χ3n) is 3.57. The van der Waals surface area contributed by atoms with Crippen LogP contribution in [0.2, 0.25) is 9.36 Å². The minimum atomic E-state index is -3.77. The average Bonchev–Trinajstić information content (AvgIpc) is 2.92. The minimum Gasteiger partial charge on any atom is -0.331 e. The summed E-state index contributed by atoms with van der Waals surface area (Å²) in [5.41, 5.74) is 2.63. The SMILES string of the molecule is Cc1ccc(S(=O)(=O)c2nc(Nc3ccc(C)c(Cl)c3)sc2Cl)cc1. The molecule has 2 aromatic carbocycles. The number of nitrogens with zero attached hydrogens (tertiary/aromatic N) is 1. The first-order valence-corrected chi connectivity index (χ1v) is 10.3. The van der Waals surface area contributed by atoms with Gasteiger partial charge in [0.15, 0.2) is 10.2 Å². The van der Waals surface area contributed by atoms with Crippen LogP contribution in [0.15, 0.2) is 52.4 Å². The van der Waals surface area contributed by atoms with Gasteiger partial charge in [-0.1, -0.05) is 58.3 Å². The van der Waals surface area contributed by atoms with E-state index in [2.05, 4.69) is 10.3 Å². The smallest absolute Gasteiger partial charge is 0.226 e. The van der Waals surface area contributed by atoms with Gasteiger partial charge in [-0.2, -0.15) is 0 Å². The first-order chi connectivity index (χ1) is 11.8. The molecule has 0 spiro atoms. The number of hydrogen-bond donors (Lipinski definition) is 1. The fourth-order valence-corrected chi connectivity index (χ4v) is 5.14. The van der Waals surface area contributed by atoms with E-state index >= 15 is 0 Å². The highest BCUT2D eigenvalue weighted by Gasteiger charge is 2.25. The van der Waals surface area contributed by atoms with Crippen LogP contribution < -0.4 is 5.32 Å². The number of rotatable bonds is 4. The first kappa shape index (κ1) is 18.2. The molecule has 1 N–H and O–H groups in total. The molecule has 0 bridgehead atoms. The predicted octanol–water partition coefficient (Wildman–Crippen LogP) is 5.64. The molecule has 130 valence electrons. The summed E-state index contributed by atoms with van der Waals surface area (Å²) in [7, 11) is -3.77. The highest BCUT2D eigenvalue weighted by molar-refractivity contribution is 7.91. The molecule has 0 aliphatic rings. The number of aryl methyl sites for hydroxylation is 2. The fourth-order valence-electron chi connectivity index (χ4n) is 2.13. The van der Waals surface area contributed by atoms with Crippen molar-refractivity contribution in [3.8, 4) is 0 Å². The van der Waals surface area contributed by atoms with Gasteiger partial charge in [0.2, 0.25) is 9.84 Å².